The van der Waals surface area contributed by atoms with Crippen molar-refractivity contribution in [2.45, 2.75) is 73.0 Å². The third-order valence-electron chi connectivity index (χ3n) is 12.5. The van der Waals surface area contributed by atoms with Crippen molar-refractivity contribution in [2.24, 2.45) is 11.8 Å². The molecular weight excluding hydrogens is 597 g/mol. The molecule has 2 aromatic rings. The number of hydrogen-bond acceptors (Lipinski definition) is 10. The Hall–Kier alpha value is -2.34. The number of aliphatic hydroxyl groups excluding tert-OH is 2. The van der Waals surface area contributed by atoms with E-state index in [1.54, 1.807) is 0 Å². The lowest BCUT2D eigenvalue weighted by Gasteiger charge is -2.56. The lowest BCUT2D eigenvalue weighted by molar-refractivity contribution is -0.0452. The molecule has 0 radical (unpaired) electrons. The van der Waals surface area contributed by atoms with Crippen LogP contribution in [-0.2, 0) is 23.7 Å². The van der Waals surface area contributed by atoms with E-state index in [4.69, 9.17) is 17.8 Å². The van der Waals surface area contributed by atoms with E-state index in [9.17, 15) is 10.2 Å². The monoisotopic (exact) mass is 632 g/mol. The van der Waals surface area contributed by atoms with Crippen molar-refractivity contribution in [2.75, 3.05) is 27.2 Å². The average molecular weight is 633 g/mol. The lowest BCUT2D eigenvalue weighted by Crippen LogP contribution is -2.64. The standard InChI is InChI=1S/C34H36N2O6S2/c1-35-13-11-33-19-5-7-23(37)31(33)39-29-25(9-3-17(27(29)33)15-21(19)35)41-43-44-42-26-10-4-18-16-22-20-6-8-24(38)32-34(20,12-14-36(22)2)28(18)30(26)40-32/h3-10,19-24,31-32,37-38H,11-16H2,1-2H3/t19-,20-,21+,22+,23-,24-,31-,32-,33-,34-/m0/s1. The molecule has 8 nitrogen and oxygen atoms in total. The van der Waals surface area contributed by atoms with Gasteiger partial charge in [-0.1, -0.05) is 36.4 Å². The van der Waals surface area contributed by atoms with Crippen LogP contribution in [0, 0.1) is 11.8 Å². The summed E-state index contributed by atoms with van der Waals surface area (Å²) in [6.45, 7) is 1.98. The van der Waals surface area contributed by atoms with E-state index in [0.29, 0.717) is 35.4 Å². The molecule has 8 aliphatic rings. The topological polar surface area (TPSA) is 83.9 Å². The van der Waals surface area contributed by atoms with Crippen LogP contribution in [0.5, 0.6) is 23.0 Å². The van der Waals surface area contributed by atoms with Gasteiger partial charge in [-0.3, -0.25) is 0 Å². The van der Waals surface area contributed by atoms with Gasteiger partial charge >= 0.3 is 0 Å². The fraction of sp³-hybridized carbons (Fsp3) is 0.529. The second-order valence-electron chi connectivity index (χ2n) is 14.1. The molecule has 2 N–H and O–H groups in total. The minimum absolute atomic E-state index is 0.215. The Balaban J connectivity index is 0.920. The van der Waals surface area contributed by atoms with Crippen molar-refractivity contribution in [3.05, 3.63) is 70.8 Å². The number of nitrogens with zero attached hydrogens (tertiary/aromatic N) is 2. The summed E-state index contributed by atoms with van der Waals surface area (Å²) in [5.41, 5.74) is 4.65. The Bertz CT molecular complexity index is 1530. The number of rotatable bonds is 5. The predicted molar refractivity (Wildman–Crippen MR) is 168 cm³/mol. The van der Waals surface area contributed by atoms with E-state index >= 15 is 0 Å². The Morgan fingerprint density at radius 2 is 1.16 bits per heavy atom. The molecule has 0 amide bonds. The van der Waals surface area contributed by atoms with Gasteiger partial charge in [0.05, 0.1) is 0 Å². The molecule has 4 aliphatic heterocycles. The van der Waals surface area contributed by atoms with Crippen LogP contribution < -0.4 is 17.8 Å². The second-order valence-corrected chi connectivity index (χ2v) is 15.5. The lowest BCUT2D eigenvalue weighted by atomic mass is 9.53. The number of likely N-dealkylation sites (N-methyl/N-ethyl adjacent to an activating group) is 2. The van der Waals surface area contributed by atoms with E-state index in [0.717, 1.165) is 72.4 Å². The highest BCUT2D eigenvalue weighted by Crippen LogP contribution is 2.64. The van der Waals surface area contributed by atoms with Crippen molar-refractivity contribution in [3.63, 3.8) is 0 Å². The molecule has 2 saturated heterocycles. The van der Waals surface area contributed by atoms with Crippen LogP contribution in [-0.4, -0.2) is 83.7 Å². The average Bonchev–Trinajstić information content (AvgIpc) is 3.56. The van der Waals surface area contributed by atoms with Crippen molar-refractivity contribution in [1.29, 1.82) is 0 Å². The summed E-state index contributed by atoms with van der Waals surface area (Å²) in [4.78, 5) is 4.94. The van der Waals surface area contributed by atoms with Gasteiger partial charge in [0.25, 0.3) is 0 Å². The third kappa shape index (κ3) is 3.17. The molecule has 4 heterocycles. The van der Waals surface area contributed by atoms with Crippen LogP contribution in [0.15, 0.2) is 48.6 Å². The van der Waals surface area contributed by atoms with E-state index < -0.39 is 12.2 Å². The highest BCUT2D eigenvalue weighted by molar-refractivity contribution is 8.73. The molecule has 2 aromatic carbocycles. The predicted octanol–water partition coefficient (Wildman–Crippen LogP) is 3.97. The Morgan fingerprint density at radius 3 is 1.61 bits per heavy atom. The zero-order valence-corrected chi connectivity index (χ0v) is 26.4. The normalized spacial score (nSPS) is 41.5. The number of likely N-dealkylation sites (tertiary alicyclic amines) is 2. The van der Waals surface area contributed by atoms with Crippen molar-refractivity contribution < 1.29 is 28.1 Å². The number of aliphatic hydroxyl groups is 2. The minimum Gasteiger partial charge on any atom is -0.482 e. The minimum atomic E-state index is -0.639. The van der Waals surface area contributed by atoms with Crippen LogP contribution in [0.4, 0.5) is 0 Å². The summed E-state index contributed by atoms with van der Waals surface area (Å²) in [6.07, 6.45) is 10.3. The van der Waals surface area contributed by atoms with Crippen LogP contribution in [0.1, 0.15) is 35.1 Å². The molecule has 0 aromatic heterocycles. The van der Waals surface area contributed by atoms with Gasteiger partial charge in [0, 0.05) is 45.9 Å². The van der Waals surface area contributed by atoms with Gasteiger partial charge in [-0.25, -0.2) is 0 Å². The molecule has 2 spiro atoms. The zero-order valence-electron chi connectivity index (χ0n) is 24.7. The quantitative estimate of drug-likeness (QED) is 0.219. The summed E-state index contributed by atoms with van der Waals surface area (Å²) in [6, 6.07) is 9.20. The molecular formula is C34H36N2O6S2. The summed E-state index contributed by atoms with van der Waals surface area (Å²) in [5, 5.41) is 22.1. The first-order valence-electron chi connectivity index (χ1n) is 15.9. The molecule has 230 valence electrons. The summed E-state index contributed by atoms with van der Waals surface area (Å²) in [5.74, 6) is 3.53. The summed E-state index contributed by atoms with van der Waals surface area (Å²) in [7, 11) is 4.43. The van der Waals surface area contributed by atoms with Crippen LogP contribution in [0.3, 0.4) is 0 Å². The van der Waals surface area contributed by atoms with E-state index in [1.165, 1.54) is 22.3 Å². The number of ether oxygens (including phenoxy) is 2. The van der Waals surface area contributed by atoms with Crippen molar-refractivity contribution in [3.8, 4) is 23.0 Å². The fourth-order valence-corrected chi connectivity index (χ4v) is 11.8. The van der Waals surface area contributed by atoms with E-state index in [-0.39, 0.29) is 23.0 Å². The van der Waals surface area contributed by atoms with E-state index in [2.05, 4.69) is 48.2 Å². The summed E-state index contributed by atoms with van der Waals surface area (Å²) < 4.78 is 25.7. The van der Waals surface area contributed by atoms with Gasteiger partial charge in [-0.15, -0.1) is 0 Å². The number of benzene rings is 2. The van der Waals surface area contributed by atoms with Crippen LogP contribution in [0.2, 0.25) is 0 Å². The largest absolute Gasteiger partial charge is 0.482 e. The van der Waals surface area contributed by atoms with Crippen LogP contribution >= 0.6 is 22.1 Å². The second kappa shape index (κ2) is 9.14. The smallest absolute Gasteiger partial charge is 0.180 e. The first-order chi connectivity index (χ1) is 21.4. The van der Waals surface area contributed by atoms with Crippen molar-refractivity contribution >= 4 is 22.1 Å². The molecule has 10 rings (SSSR count). The van der Waals surface area contributed by atoms with Gasteiger partial charge in [0.15, 0.2) is 45.1 Å². The number of piperidine rings is 2. The van der Waals surface area contributed by atoms with Gasteiger partial charge in [0.1, 0.15) is 24.4 Å². The zero-order chi connectivity index (χ0) is 29.5. The Labute approximate surface area is 265 Å². The summed E-state index contributed by atoms with van der Waals surface area (Å²) >= 11 is 2.32. The fourth-order valence-electron chi connectivity index (χ4n) is 10.7. The molecule has 2 fully saturated rings. The van der Waals surface area contributed by atoms with Gasteiger partial charge in [-0.2, -0.15) is 0 Å². The van der Waals surface area contributed by atoms with Gasteiger partial charge in [-0.05, 0) is 76.1 Å². The maximum Gasteiger partial charge on any atom is 0.180 e. The maximum atomic E-state index is 11.0. The molecule has 0 saturated carbocycles. The molecule has 0 unspecified atom stereocenters. The van der Waals surface area contributed by atoms with Gasteiger partial charge < -0.3 is 37.9 Å². The highest BCUT2D eigenvalue weighted by atomic mass is 33.1. The first-order valence-corrected chi connectivity index (χ1v) is 17.9. The van der Waals surface area contributed by atoms with Crippen molar-refractivity contribution in [1.82, 2.24) is 9.80 Å². The first kappa shape index (κ1) is 26.8. The maximum absolute atomic E-state index is 11.0. The molecule has 4 bridgehead atoms. The third-order valence-corrected chi connectivity index (χ3v) is 13.7. The SMILES string of the molecule is CN1CC[C@]23c4c5ccc(OSSOc6ccc7c8c6O[C@H]6[C@@H](O)C=C[C@H]9[C@@H](C7)N(C)CC[C@@]896)c4O[C@H]2[C@@H](O)C=C[C@H]3[C@H]1C5. The van der Waals surface area contributed by atoms with Crippen LogP contribution in [0.25, 0.3) is 0 Å². The molecule has 4 aliphatic carbocycles. The van der Waals surface area contributed by atoms with E-state index in [1.807, 2.05) is 24.3 Å². The van der Waals surface area contributed by atoms with Gasteiger partial charge in [0.2, 0.25) is 0 Å². The number of hydrogen-bond donors (Lipinski definition) is 2. The molecule has 44 heavy (non-hydrogen) atoms. The Morgan fingerprint density at radius 1 is 0.705 bits per heavy atom. The Kier molecular flexibility index (Phi) is 5.57. The molecule has 10 atom stereocenters. The highest BCUT2D eigenvalue weighted by Gasteiger charge is 2.65. The molecule has 10 heteroatoms.